The number of rotatable bonds is 6. The Morgan fingerprint density at radius 3 is 2.41 bits per heavy atom. The van der Waals surface area contributed by atoms with Crippen molar-refractivity contribution in [2.45, 2.75) is 11.8 Å². The highest BCUT2D eigenvalue weighted by Crippen LogP contribution is 2.29. The van der Waals surface area contributed by atoms with Gasteiger partial charge in [0.15, 0.2) is 0 Å². The van der Waals surface area contributed by atoms with Crippen LogP contribution in [0.25, 0.3) is 11.3 Å². The van der Waals surface area contributed by atoms with E-state index in [0.717, 1.165) is 5.56 Å². The van der Waals surface area contributed by atoms with Crippen LogP contribution < -0.4 is 19.9 Å². The summed E-state index contributed by atoms with van der Waals surface area (Å²) in [5, 5.41) is 14.8. The van der Waals surface area contributed by atoms with Crippen molar-refractivity contribution in [1.29, 1.82) is 0 Å². The Morgan fingerprint density at radius 1 is 1.07 bits per heavy atom. The highest BCUT2D eigenvalue weighted by Gasteiger charge is 2.18. The number of benzene rings is 2. The van der Waals surface area contributed by atoms with Crippen molar-refractivity contribution in [2.75, 3.05) is 19.5 Å². The summed E-state index contributed by atoms with van der Waals surface area (Å²) in [6.45, 7) is 1.90. The third-order valence-corrected chi connectivity index (χ3v) is 5.12. The molecule has 0 aliphatic carbocycles. The zero-order valence-corrected chi connectivity index (χ0v) is 16.8. The number of carbonyl (C=O) groups is 1. The van der Waals surface area contributed by atoms with E-state index in [0.29, 0.717) is 22.7 Å². The number of hydrogen-bond donors (Lipinski definition) is 3. The minimum Gasteiger partial charge on any atom is -0.495 e. The van der Waals surface area contributed by atoms with E-state index in [2.05, 4.69) is 15.5 Å². The maximum absolute atomic E-state index is 12.6. The molecule has 9 nitrogen and oxygen atoms in total. The second kappa shape index (κ2) is 7.94. The van der Waals surface area contributed by atoms with Gasteiger partial charge in [0.2, 0.25) is 10.0 Å². The van der Waals surface area contributed by atoms with Gasteiger partial charge in [-0.05, 0) is 48.9 Å². The molecule has 4 N–H and O–H groups in total. The topological polar surface area (TPSA) is 136 Å². The normalized spacial score (nSPS) is 11.2. The monoisotopic (exact) mass is 416 g/mol. The van der Waals surface area contributed by atoms with Gasteiger partial charge in [-0.15, -0.1) is 0 Å². The number of hydrogen-bond acceptors (Lipinski definition) is 6. The van der Waals surface area contributed by atoms with Gasteiger partial charge >= 0.3 is 0 Å². The number of amides is 1. The Labute approximate surface area is 167 Å². The fourth-order valence-corrected chi connectivity index (χ4v) is 3.48. The van der Waals surface area contributed by atoms with Gasteiger partial charge in [0.1, 0.15) is 22.1 Å². The number of sulfonamides is 1. The van der Waals surface area contributed by atoms with E-state index in [9.17, 15) is 13.2 Å². The summed E-state index contributed by atoms with van der Waals surface area (Å²) >= 11 is 0. The molecule has 1 amide bonds. The molecule has 1 heterocycles. The Kier molecular flexibility index (Phi) is 5.57. The first-order chi connectivity index (χ1) is 13.7. The van der Waals surface area contributed by atoms with Crippen molar-refractivity contribution in [1.82, 2.24) is 10.2 Å². The largest absolute Gasteiger partial charge is 0.495 e. The van der Waals surface area contributed by atoms with Gasteiger partial charge in [0.05, 0.1) is 25.6 Å². The molecule has 0 fully saturated rings. The lowest BCUT2D eigenvalue weighted by Crippen LogP contribution is -2.13. The quantitative estimate of drug-likeness (QED) is 0.564. The second-order valence-corrected chi connectivity index (χ2v) is 7.77. The van der Waals surface area contributed by atoms with Gasteiger partial charge in [0.25, 0.3) is 5.91 Å². The zero-order valence-electron chi connectivity index (χ0n) is 16.0. The number of H-pyrrole nitrogens is 1. The van der Waals surface area contributed by atoms with Crippen LogP contribution in [0.5, 0.6) is 11.5 Å². The molecule has 0 unspecified atom stereocenters. The van der Waals surface area contributed by atoms with Crippen LogP contribution >= 0.6 is 0 Å². The van der Waals surface area contributed by atoms with Gasteiger partial charge in [-0.2, -0.15) is 5.10 Å². The smallest absolute Gasteiger partial charge is 0.273 e. The molecule has 0 radical (unpaired) electrons. The van der Waals surface area contributed by atoms with Crippen LogP contribution in [0.3, 0.4) is 0 Å². The maximum atomic E-state index is 12.6. The summed E-state index contributed by atoms with van der Waals surface area (Å²) < 4.78 is 33.9. The summed E-state index contributed by atoms with van der Waals surface area (Å²) in [5.41, 5.74) is 2.50. The predicted molar refractivity (Wildman–Crippen MR) is 108 cm³/mol. The number of carbonyl (C=O) groups excluding carboxylic acids is 1. The maximum Gasteiger partial charge on any atom is 0.273 e. The molecule has 0 bridgehead atoms. The number of nitrogens with zero attached hydrogens (tertiary/aromatic N) is 1. The molecular weight excluding hydrogens is 396 g/mol. The number of aromatic nitrogens is 2. The van der Waals surface area contributed by atoms with Crippen LogP contribution in [0.4, 0.5) is 5.69 Å². The number of ether oxygens (including phenoxy) is 2. The number of nitrogens with one attached hydrogen (secondary N) is 2. The first-order valence-electron chi connectivity index (χ1n) is 8.45. The molecule has 10 heteroatoms. The number of nitrogens with two attached hydrogens (primary N) is 1. The number of aryl methyl sites for hydroxylation is 1. The first-order valence-corrected chi connectivity index (χ1v) is 10.00. The summed E-state index contributed by atoms with van der Waals surface area (Å²) in [5.74, 6) is 0.223. The number of methoxy groups -OCH3 is 2. The van der Waals surface area contributed by atoms with Gasteiger partial charge in [-0.3, -0.25) is 9.89 Å². The molecule has 0 saturated carbocycles. The molecule has 0 aliphatic heterocycles. The van der Waals surface area contributed by atoms with Gasteiger partial charge in [0, 0.05) is 5.56 Å². The van der Waals surface area contributed by atoms with Crippen molar-refractivity contribution >= 4 is 21.6 Å². The molecule has 3 aromatic rings. The molecular formula is C19H20N4O5S. The highest BCUT2D eigenvalue weighted by molar-refractivity contribution is 7.89. The molecule has 0 spiro atoms. The molecule has 1 aromatic heterocycles. The van der Waals surface area contributed by atoms with Crippen molar-refractivity contribution in [3.63, 3.8) is 0 Å². The summed E-state index contributed by atoms with van der Waals surface area (Å²) in [6, 6.07) is 11.4. The van der Waals surface area contributed by atoms with E-state index in [-0.39, 0.29) is 16.3 Å². The lowest BCUT2D eigenvalue weighted by Gasteiger charge is -2.10. The summed E-state index contributed by atoms with van der Waals surface area (Å²) in [7, 11) is -1.13. The number of aromatic amines is 1. The highest BCUT2D eigenvalue weighted by atomic mass is 32.2. The lowest BCUT2D eigenvalue weighted by atomic mass is 10.1. The third-order valence-electron chi connectivity index (χ3n) is 4.19. The van der Waals surface area contributed by atoms with Crippen LogP contribution in [-0.4, -0.2) is 38.7 Å². The van der Waals surface area contributed by atoms with Crippen molar-refractivity contribution in [3.8, 4) is 22.8 Å². The van der Waals surface area contributed by atoms with Gasteiger partial charge in [-0.25, -0.2) is 13.6 Å². The molecule has 152 valence electrons. The Hall–Kier alpha value is -3.37. The van der Waals surface area contributed by atoms with Gasteiger partial charge in [-0.1, -0.05) is 6.07 Å². The average Bonchev–Trinajstić information content (AvgIpc) is 3.17. The van der Waals surface area contributed by atoms with E-state index < -0.39 is 15.9 Å². The Bertz CT molecular complexity index is 1170. The summed E-state index contributed by atoms with van der Waals surface area (Å²) in [6.07, 6.45) is 0. The van der Waals surface area contributed by atoms with Crippen LogP contribution in [0, 0.1) is 6.92 Å². The Balaban J connectivity index is 1.90. The van der Waals surface area contributed by atoms with Crippen molar-refractivity contribution < 1.29 is 22.7 Å². The van der Waals surface area contributed by atoms with Crippen LogP contribution in [-0.2, 0) is 10.0 Å². The molecule has 0 aliphatic rings. The van der Waals surface area contributed by atoms with Crippen LogP contribution in [0.2, 0.25) is 0 Å². The molecule has 0 atom stereocenters. The second-order valence-electron chi connectivity index (χ2n) is 6.24. The Morgan fingerprint density at radius 2 is 1.76 bits per heavy atom. The molecule has 0 saturated heterocycles. The standard InChI is InChI=1S/C19H20N4O5S/c1-11-4-6-16(27-2)14(8-11)21-19(24)15-10-13(22-23-15)12-5-7-17(28-3)18(9-12)29(20,25)26/h4-10H,1-3H3,(H,21,24)(H,22,23)(H2,20,25,26). The van der Waals surface area contributed by atoms with E-state index in [1.807, 2.05) is 13.0 Å². The van der Waals surface area contributed by atoms with E-state index in [4.69, 9.17) is 14.6 Å². The number of primary sulfonamides is 1. The van der Waals surface area contributed by atoms with Gasteiger partial charge < -0.3 is 14.8 Å². The lowest BCUT2D eigenvalue weighted by molar-refractivity contribution is 0.102. The molecule has 3 rings (SSSR count). The number of anilines is 1. The van der Waals surface area contributed by atoms with Crippen molar-refractivity contribution in [3.05, 3.63) is 53.7 Å². The fraction of sp³-hybridized carbons (Fsp3) is 0.158. The van der Waals surface area contributed by atoms with E-state index >= 15 is 0 Å². The molecule has 29 heavy (non-hydrogen) atoms. The van der Waals surface area contributed by atoms with Crippen LogP contribution in [0.1, 0.15) is 16.1 Å². The SMILES string of the molecule is COc1ccc(C)cc1NC(=O)c1cc(-c2ccc(OC)c(S(N)(=O)=O)c2)n[nH]1. The van der Waals surface area contributed by atoms with E-state index in [1.54, 1.807) is 18.2 Å². The third kappa shape index (κ3) is 4.39. The van der Waals surface area contributed by atoms with Crippen molar-refractivity contribution in [2.24, 2.45) is 5.14 Å². The summed E-state index contributed by atoms with van der Waals surface area (Å²) in [4.78, 5) is 12.4. The average molecular weight is 416 g/mol. The minimum absolute atomic E-state index is 0.122. The predicted octanol–water partition coefficient (Wildman–Crippen LogP) is 2.30. The fourth-order valence-electron chi connectivity index (χ4n) is 2.75. The first kappa shape index (κ1) is 20.4. The molecule has 2 aromatic carbocycles. The zero-order chi connectivity index (χ0) is 21.2. The minimum atomic E-state index is -3.99. The van der Waals surface area contributed by atoms with Crippen LogP contribution in [0.15, 0.2) is 47.4 Å². The van der Waals surface area contributed by atoms with E-state index in [1.165, 1.54) is 32.4 Å².